The number of anilines is 3. The van der Waals surface area contributed by atoms with Crippen LogP contribution in [0.4, 0.5) is 21.9 Å². The topological polar surface area (TPSA) is 73.5 Å². The number of nitrogens with one attached hydrogen (secondary N) is 3. The maximum Gasteiger partial charge on any atom is 0.323 e. The average molecular weight is 449 g/mol. The molecule has 1 aliphatic rings. The molecule has 0 saturated carbocycles. The van der Waals surface area contributed by atoms with E-state index < -0.39 is 6.03 Å². The summed E-state index contributed by atoms with van der Waals surface area (Å²) in [6.45, 7) is 6.53. The molecule has 3 amide bonds. The number of hydrogen-bond donors (Lipinski definition) is 3. The number of rotatable bonds is 6. The van der Waals surface area contributed by atoms with Crippen molar-refractivity contribution >= 4 is 52.2 Å². The van der Waals surface area contributed by atoms with Crippen molar-refractivity contribution in [2.24, 2.45) is 5.92 Å². The van der Waals surface area contributed by atoms with Crippen LogP contribution in [0.1, 0.15) is 37.0 Å². The first-order valence-electron chi connectivity index (χ1n) is 10.0. The van der Waals surface area contributed by atoms with E-state index in [1.807, 2.05) is 19.9 Å². The zero-order chi connectivity index (χ0) is 21.7. The van der Waals surface area contributed by atoms with Crippen molar-refractivity contribution in [3.05, 3.63) is 52.0 Å². The molecule has 3 N–H and O–H groups in total. The Morgan fingerprint density at radius 1 is 1.03 bits per heavy atom. The van der Waals surface area contributed by atoms with Gasteiger partial charge in [0, 0.05) is 36.0 Å². The number of nitrogens with zero attached hydrogens (tertiary/aromatic N) is 1. The molecule has 2 aromatic carbocycles. The molecule has 1 fully saturated rings. The first-order valence-corrected chi connectivity index (χ1v) is 10.8. The quantitative estimate of drug-likeness (QED) is 0.536. The maximum absolute atomic E-state index is 12.8. The highest BCUT2D eigenvalue weighted by atomic mass is 35.5. The lowest BCUT2D eigenvalue weighted by Gasteiger charge is -2.22. The first kappa shape index (κ1) is 22.2. The van der Waals surface area contributed by atoms with Gasteiger partial charge in [-0.3, -0.25) is 4.79 Å². The molecule has 3 rings (SSSR count). The molecule has 0 spiro atoms. The van der Waals surface area contributed by atoms with Crippen molar-refractivity contribution in [3.8, 4) is 0 Å². The van der Waals surface area contributed by atoms with Crippen LogP contribution in [0, 0.1) is 5.92 Å². The maximum atomic E-state index is 12.8. The van der Waals surface area contributed by atoms with Gasteiger partial charge in [-0.1, -0.05) is 37.0 Å². The SMILES string of the molecule is CC(C)CNC(=O)c1cc(NC(=O)Nc2ccc(Cl)cc2Cl)ccc1N1CCCC1. The predicted octanol–water partition coefficient (Wildman–Crippen LogP) is 5.62. The molecule has 160 valence electrons. The van der Waals surface area contributed by atoms with Gasteiger partial charge in [0.2, 0.25) is 0 Å². The standard InChI is InChI=1S/C22H26Cl2N4O2/c1-14(2)13-25-21(29)17-12-16(6-8-20(17)28-9-3-4-10-28)26-22(30)27-19-7-5-15(23)11-18(19)24/h5-8,11-12,14H,3-4,9-10,13H2,1-2H3,(H,25,29)(H2,26,27,30). The summed E-state index contributed by atoms with van der Waals surface area (Å²) in [6.07, 6.45) is 2.22. The summed E-state index contributed by atoms with van der Waals surface area (Å²) in [4.78, 5) is 27.5. The number of hydrogen-bond acceptors (Lipinski definition) is 3. The van der Waals surface area contributed by atoms with Crippen molar-refractivity contribution in [2.45, 2.75) is 26.7 Å². The predicted molar refractivity (Wildman–Crippen MR) is 124 cm³/mol. The molecule has 0 bridgehead atoms. The average Bonchev–Trinajstić information content (AvgIpc) is 3.23. The van der Waals surface area contributed by atoms with Crippen molar-refractivity contribution in [1.82, 2.24) is 5.32 Å². The Bertz CT molecular complexity index is 927. The van der Waals surface area contributed by atoms with Crippen molar-refractivity contribution in [1.29, 1.82) is 0 Å². The zero-order valence-electron chi connectivity index (χ0n) is 17.1. The summed E-state index contributed by atoms with van der Waals surface area (Å²) >= 11 is 12.0. The van der Waals surface area contributed by atoms with Gasteiger partial charge in [0.1, 0.15) is 0 Å². The summed E-state index contributed by atoms with van der Waals surface area (Å²) in [5.74, 6) is 0.204. The molecule has 0 aliphatic carbocycles. The van der Waals surface area contributed by atoms with Crippen LogP contribution in [-0.4, -0.2) is 31.6 Å². The fraction of sp³-hybridized carbons (Fsp3) is 0.364. The van der Waals surface area contributed by atoms with Gasteiger partial charge in [0.15, 0.2) is 0 Å². The second-order valence-electron chi connectivity index (χ2n) is 7.73. The van der Waals surface area contributed by atoms with Crippen LogP contribution >= 0.6 is 23.2 Å². The molecule has 2 aromatic rings. The minimum Gasteiger partial charge on any atom is -0.371 e. The number of amides is 3. The van der Waals surface area contributed by atoms with Crippen molar-refractivity contribution < 1.29 is 9.59 Å². The third-order valence-corrected chi connectivity index (χ3v) is 5.34. The molecule has 1 heterocycles. The van der Waals surface area contributed by atoms with Gasteiger partial charge in [-0.2, -0.15) is 0 Å². The first-order chi connectivity index (χ1) is 14.3. The number of carbonyl (C=O) groups is 2. The van der Waals surface area contributed by atoms with E-state index in [-0.39, 0.29) is 5.91 Å². The number of carbonyl (C=O) groups excluding carboxylic acids is 2. The molecule has 0 radical (unpaired) electrons. The van der Waals surface area contributed by atoms with Gasteiger partial charge >= 0.3 is 6.03 Å². The lowest BCUT2D eigenvalue weighted by atomic mass is 10.1. The molecule has 8 heteroatoms. The summed E-state index contributed by atoms with van der Waals surface area (Å²) < 4.78 is 0. The van der Waals surface area contributed by atoms with Gasteiger partial charge < -0.3 is 20.9 Å². The molecule has 0 aromatic heterocycles. The van der Waals surface area contributed by atoms with E-state index in [1.165, 1.54) is 0 Å². The number of halogens is 2. The Kier molecular flexibility index (Phi) is 7.45. The van der Waals surface area contributed by atoms with Crippen LogP contribution in [-0.2, 0) is 0 Å². The Morgan fingerprint density at radius 3 is 2.43 bits per heavy atom. The van der Waals surface area contributed by atoms with Crippen molar-refractivity contribution in [3.63, 3.8) is 0 Å². The smallest absolute Gasteiger partial charge is 0.323 e. The van der Waals surface area contributed by atoms with E-state index >= 15 is 0 Å². The molecule has 6 nitrogen and oxygen atoms in total. The van der Waals surface area contributed by atoms with Crippen LogP contribution in [0.2, 0.25) is 10.0 Å². The number of benzene rings is 2. The van der Waals surface area contributed by atoms with Gasteiger partial charge in [-0.15, -0.1) is 0 Å². The van der Waals surface area contributed by atoms with Crippen LogP contribution in [0.5, 0.6) is 0 Å². The van der Waals surface area contributed by atoms with Crippen LogP contribution in [0.25, 0.3) is 0 Å². The minimum absolute atomic E-state index is 0.143. The molecule has 1 aliphatic heterocycles. The van der Waals surface area contributed by atoms with E-state index in [4.69, 9.17) is 23.2 Å². The van der Waals surface area contributed by atoms with E-state index in [1.54, 1.807) is 30.3 Å². The minimum atomic E-state index is -0.457. The van der Waals surface area contributed by atoms with Gasteiger partial charge in [0.25, 0.3) is 5.91 Å². The fourth-order valence-electron chi connectivity index (χ4n) is 3.30. The van der Waals surface area contributed by atoms with Gasteiger partial charge in [0.05, 0.1) is 16.3 Å². The van der Waals surface area contributed by atoms with Gasteiger partial charge in [-0.05, 0) is 55.2 Å². The van der Waals surface area contributed by atoms with E-state index in [2.05, 4.69) is 20.9 Å². The second-order valence-corrected chi connectivity index (χ2v) is 8.58. The Balaban J connectivity index is 1.78. The molecule has 1 saturated heterocycles. The highest BCUT2D eigenvalue weighted by Crippen LogP contribution is 2.28. The Hall–Kier alpha value is -2.44. The third kappa shape index (κ3) is 5.80. The molecular formula is C22H26Cl2N4O2. The highest BCUT2D eigenvalue weighted by Gasteiger charge is 2.20. The van der Waals surface area contributed by atoms with Crippen molar-refractivity contribution in [2.75, 3.05) is 35.2 Å². The summed E-state index contributed by atoms with van der Waals surface area (Å²) in [6, 6.07) is 9.78. The Morgan fingerprint density at radius 2 is 1.77 bits per heavy atom. The lowest BCUT2D eigenvalue weighted by Crippen LogP contribution is -2.30. The zero-order valence-corrected chi connectivity index (χ0v) is 18.6. The normalized spacial score (nSPS) is 13.4. The van der Waals surface area contributed by atoms with Gasteiger partial charge in [-0.25, -0.2) is 4.79 Å². The van der Waals surface area contributed by atoms with E-state index in [0.717, 1.165) is 31.6 Å². The Labute approximate surface area is 186 Å². The van der Waals surface area contributed by atoms with E-state index in [9.17, 15) is 9.59 Å². The molecule has 30 heavy (non-hydrogen) atoms. The second kappa shape index (κ2) is 10.0. The van der Waals surface area contributed by atoms with Crippen LogP contribution in [0.15, 0.2) is 36.4 Å². The molecule has 0 atom stereocenters. The summed E-state index contributed by atoms with van der Waals surface area (Å²) in [5.41, 5.74) is 2.41. The number of urea groups is 1. The lowest BCUT2D eigenvalue weighted by molar-refractivity contribution is 0.0949. The summed E-state index contributed by atoms with van der Waals surface area (Å²) in [7, 11) is 0. The monoisotopic (exact) mass is 448 g/mol. The third-order valence-electron chi connectivity index (χ3n) is 4.80. The molecule has 0 unspecified atom stereocenters. The fourth-order valence-corrected chi connectivity index (χ4v) is 3.75. The van der Waals surface area contributed by atoms with Crippen LogP contribution < -0.4 is 20.9 Å². The summed E-state index contributed by atoms with van der Waals surface area (Å²) in [5, 5.41) is 9.26. The largest absolute Gasteiger partial charge is 0.371 e. The molecular weight excluding hydrogens is 423 g/mol. The van der Waals surface area contributed by atoms with Crippen LogP contribution in [0.3, 0.4) is 0 Å². The highest BCUT2D eigenvalue weighted by molar-refractivity contribution is 6.36. The van der Waals surface area contributed by atoms with E-state index in [0.29, 0.717) is 39.4 Å².